The molecule has 0 N–H and O–H groups in total. The van der Waals surface area contributed by atoms with Crippen LogP contribution < -0.4 is 0 Å². The van der Waals surface area contributed by atoms with Crippen molar-refractivity contribution in [2.75, 3.05) is 11.5 Å². The van der Waals surface area contributed by atoms with Crippen LogP contribution in [0.1, 0.15) is 36.8 Å². The SMILES string of the molecule is Cc1ccc(S(=O)(=O)CC2CC3C4CC(CS(=O)(=O)c5ccc(C)cc5)C(C4)C3C2)cc1. The molecule has 32 heavy (non-hydrogen) atoms. The van der Waals surface area contributed by atoms with Crippen molar-refractivity contribution in [1.82, 2.24) is 0 Å². The summed E-state index contributed by atoms with van der Waals surface area (Å²) < 4.78 is 51.9. The van der Waals surface area contributed by atoms with Gasteiger partial charge in [-0.2, -0.15) is 0 Å². The maximum atomic E-state index is 13.0. The van der Waals surface area contributed by atoms with Gasteiger partial charge >= 0.3 is 0 Å². The average Bonchev–Trinajstić information content (AvgIpc) is 3.39. The topological polar surface area (TPSA) is 68.3 Å². The Labute approximate surface area is 192 Å². The minimum Gasteiger partial charge on any atom is -0.224 e. The lowest BCUT2D eigenvalue weighted by Gasteiger charge is -2.31. The monoisotopic (exact) mass is 472 g/mol. The number of benzene rings is 2. The van der Waals surface area contributed by atoms with Crippen LogP contribution >= 0.6 is 0 Å². The highest BCUT2D eigenvalue weighted by Gasteiger charge is 2.56. The van der Waals surface area contributed by atoms with Gasteiger partial charge in [-0.15, -0.1) is 0 Å². The lowest BCUT2D eigenvalue weighted by atomic mass is 9.76. The zero-order valence-corrected chi connectivity index (χ0v) is 20.4. The second kappa shape index (κ2) is 7.98. The highest BCUT2D eigenvalue weighted by atomic mass is 32.2. The molecule has 2 aromatic carbocycles. The molecule has 2 aromatic rings. The van der Waals surface area contributed by atoms with Gasteiger partial charge in [0.2, 0.25) is 0 Å². The van der Waals surface area contributed by atoms with Gasteiger partial charge in [0.25, 0.3) is 0 Å². The van der Waals surface area contributed by atoms with Gasteiger partial charge in [0.15, 0.2) is 19.7 Å². The summed E-state index contributed by atoms with van der Waals surface area (Å²) >= 11 is 0. The molecule has 0 saturated heterocycles. The molecule has 5 rings (SSSR count). The van der Waals surface area contributed by atoms with Crippen LogP contribution in [0.4, 0.5) is 0 Å². The molecule has 0 amide bonds. The van der Waals surface area contributed by atoms with Crippen LogP contribution in [0.5, 0.6) is 0 Å². The van der Waals surface area contributed by atoms with Crippen molar-refractivity contribution in [2.24, 2.45) is 35.5 Å². The Morgan fingerprint density at radius 3 is 1.69 bits per heavy atom. The molecule has 6 heteroatoms. The van der Waals surface area contributed by atoms with Crippen molar-refractivity contribution in [3.63, 3.8) is 0 Å². The first-order chi connectivity index (χ1) is 15.1. The highest BCUT2D eigenvalue weighted by Crippen LogP contribution is 2.62. The van der Waals surface area contributed by atoms with E-state index in [1.807, 2.05) is 38.1 Å². The predicted octanol–water partition coefficient (Wildman–Crippen LogP) is 4.85. The van der Waals surface area contributed by atoms with Gasteiger partial charge in [-0.25, -0.2) is 16.8 Å². The molecule has 3 saturated carbocycles. The second-order valence-corrected chi connectivity index (χ2v) is 14.6. The molecule has 0 radical (unpaired) electrons. The zero-order chi connectivity index (χ0) is 22.7. The van der Waals surface area contributed by atoms with Crippen LogP contribution in [0.25, 0.3) is 0 Å². The van der Waals surface area contributed by atoms with Crippen molar-refractivity contribution in [3.8, 4) is 0 Å². The standard InChI is InChI=1S/C26H32O4S2/c1-17-3-7-22(8-4-17)31(27,28)15-19-11-24-20-13-21(25(14-20)26(24)12-19)16-32(29,30)23-9-5-18(2)6-10-23/h3-10,19-21,24-26H,11-16H2,1-2H3. The van der Waals surface area contributed by atoms with E-state index in [0.717, 1.165) is 36.8 Å². The summed E-state index contributed by atoms with van der Waals surface area (Å²) in [4.78, 5) is 0.848. The smallest absolute Gasteiger partial charge is 0.178 e. The van der Waals surface area contributed by atoms with E-state index >= 15 is 0 Å². The number of rotatable bonds is 6. The molecule has 3 aliphatic rings. The third kappa shape index (κ3) is 4.05. The number of hydrogen-bond acceptors (Lipinski definition) is 4. The molecule has 6 unspecified atom stereocenters. The van der Waals surface area contributed by atoms with Crippen molar-refractivity contribution in [1.29, 1.82) is 0 Å². The number of aryl methyl sites for hydroxylation is 2. The van der Waals surface area contributed by atoms with Crippen LogP contribution in [-0.4, -0.2) is 28.3 Å². The van der Waals surface area contributed by atoms with Gasteiger partial charge in [0.05, 0.1) is 21.3 Å². The Balaban J connectivity index is 1.26. The van der Waals surface area contributed by atoms with Crippen LogP contribution in [0.2, 0.25) is 0 Å². The number of hydrogen-bond donors (Lipinski definition) is 0. The zero-order valence-electron chi connectivity index (χ0n) is 18.8. The molecule has 6 atom stereocenters. The van der Waals surface area contributed by atoms with Crippen molar-refractivity contribution < 1.29 is 16.8 Å². The van der Waals surface area contributed by atoms with E-state index in [1.165, 1.54) is 0 Å². The molecule has 2 bridgehead atoms. The molecule has 4 nitrogen and oxygen atoms in total. The summed E-state index contributed by atoms with van der Waals surface area (Å²) in [5.41, 5.74) is 2.12. The summed E-state index contributed by atoms with van der Waals surface area (Å²) in [6, 6.07) is 14.3. The lowest BCUT2D eigenvalue weighted by molar-refractivity contribution is 0.203. The van der Waals surface area contributed by atoms with Gasteiger partial charge in [0.1, 0.15) is 0 Å². The van der Waals surface area contributed by atoms with E-state index in [-0.39, 0.29) is 23.3 Å². The summed E-state index contributed by atoms with van der Waals surface area (Å²) in [5, 5.41) is 0. The normalized spacial score (nSPS) is 31.7. The summed E-state index contributed by atoms with van der Waals surface area (Å²) in [6.07, 6.45) is 4.02. The van der Waals surface area contributed by atoms with E-state index in [9.17, 15) is 16.8 Å². The third-order valence-electron chi connectivity index (χ3n) is 8.35. The molecular weight excluding hydrogens is 440 g/mol. The Kier molecular flexibility index (Phi) is 5.52. The molecule has 3 aliphatic carbocycles. The summed E-state index contributed by atoms with van der Waals surface area (Å²) in [7, 11) is -6.57. The van der Waals surface area contributed by atoms with E-state index in [0.29, 0.717) is 33.5 Å². The van der Waals surface area contributed by atoms with Gasteiger partial charge in [-0.3, -0.25) is 0 Å². The largest absolute Gasteiger partial charge is 0.224 e. The fraction of sp³-hybridized carbons (Fsp3) is 0.538. The minimum absolute atomic E-state index is 0.189. The Morgan fingerprint density at radius 1 is 0.625 bits per heavy atom. The Hall–Kier alpha value is -1.66. The van der Waals surface area contributed by atoms with Crippen LogP contribution in [0.15, 0.2) is 58.3 Å². The Morgan fingerprint density at radius 2 is 1.12 bits per heavy atom. The van der Waals surface area contributed by atoms with Gasteiger partial charge < -0.3 is 0 Å². The summed E-state index contributed by atoms with van der Waals surface area (Å²) in [5.74, 6) is 2.91. The van der Waals surface area contributed by atoms with Crippen LogP contribution in [0, 0.1) is 49.4 Å². The molecular formula is C26H32O4S2. The molecule has 0 aromatic heterocycles. The fourth-order valence-corrected chi connectivity index (χ4v) is 10.3. The van der Waals surface area contributed by atoms with Crippen molar-refractivity contribution in [3.05, 3.63) is 59.7 Å². The van der Waals surface area contributed by atoms with Gasteiger partial charge in [0, 0.05) is 0 Å². The van der Waals surface area contributed by atoms with Gasteiger partial charge in [-0.1, -0.05) is 35.4 Å². The first-order valence-corrected chi connectivity index (χ1v) is 15.0. The fourth-order valence-electron chi connectivity index (χ4n) is 6.93. The molecule has 3 fully saturated rings. The maximum Gasteiger partial charge on any atom is 0.178 e. The van der Waals surface area contributed by atoms with E-state index in [1.54, 1.807) is 24.3 Å². The van der Waals surface area contributed by atoms with E-state index < -0.39 is 19.7 Å². The molecule has 172 valence electrons. The number of fused-ring (bicyclic) bond motifs is 5. The molecule has 0 aliphatic heterocycles. The quantitative estimate of drug-likeness (QED) is 0.603. The highest BCUT2D eigenvalue weighted by molar-refractivity contribution is 7.91. The van der Waals surface area contributed by atoms with Crippen molar-refractivity contribution >= 4 is 19.7 Å². The van der Waals surface area contributed by atoms with Crippen LogP contribution in [-0.2, 0) is 19.7 Å². The lowest BCUT2D eigenvalue weighted by Crippen LogP contribution is -2.29. The first-order valence-electron chi connectivity index (χ1n) is 11.7. The second-order valence-electron chi connectivity index (χ2n) is 10.5. The number of sulfone groups is 2. The van der Waals surface area contributed by atoms with Gasteiger partial charge in [-0.05, 0) is 99.3 Å². The average molecular weight is 473 g/mol. The molecule has 0 heterocycles. The molecule has 0 spiro atoms. The van der Waals surface area contributed by atoms with E-state index in [2.05, 4.69) is 0 Å². The third-order valence-corrected chi connectivity index (χ3v) is 12.1. The van der Waals surface area contributed by atoms with E-state index in [4.69, 9.17) is 0 Å². The van der Waals surface area contributed by atoms with Crippen LogP contribution in [0.3, 0.4) is 0 Å². The minimum atomic E-state index is -3.29. The predicted molar refractivity (Wildman–Crippen MR) is 126 cm³/mol. The summed E-state index contributed by atoms with van der Waals surface area (Å²) in [6.45, 7) is 3.92. The van der Waals surface area contributed by atoms with Crippen molar-refractivity contribution in [2.45, 2.75) is 49.3 Å². The first kappa shape index (κ1) is 22.1. The maximum absolute atomic E-state index is 13.0. The Bertz CT molecular complexity index is 1200.